The number of aromatic nitrogens is 1. The van der Waals surface area contributed by atoms with Gasteiger partial charge in [-0.15, -0.1) is 11.3 Å². The number of amides is 2. The summed E-state index contributed by atoms with van der Waals surface area (Å²) >= 11 is 1.83. The Labute approximate surface area is 215 Å². The highest BCUT2D eigenvalue weighted by atomic mass is 32.1. The maximum atomic E-state index is 13.7. The molecular formula is C27H32N4O4S. The maximum Gasteiger partial charge on any atom is 0.318 e. The molecule has 0 radical (unpaired) electrons. The van der Waals surface area contributed by atoms with E-state index in [1.807, 2.05) is 46.6 Å². The van der Waals surface area contributed by atoms with Crippen LogP contribution in [0.4, 0.5) is 4.79 Å². The molecule has 0 saturated heterocycles. The molecule has 1 aromatic carbocycles. The Hall–Kier alpha value is -3.30. The number of likely N-dealkylation sites (N-methyl/N-ethyl adjacent to an activating group) is 1. The minimum absolute atomic E-state index is 0.141. The maximum absolute atomic E-state index is 13.7. The summed E-state index contributed by atoms with van der Waals surface area (Å²) in [6.07, 6.45) is 3.21. The Bertz CT molecular complexity index is 1250. The number of benzene rings is 1. The fourth-order valence-electron chi connectivity index (χ4n) is 5.10. The van der Waals surface area contributed by atoms with E-state index in [4.69, 9.17) is 9.47 Å². The number of urea groups is 1. The Balaban J connectivity index is 1.54. The van der Waals surface area contributed by atoms with Crippen LogP contribution < -0.4 is 10.1 Å². The van der Waals surface area contributed by atoms with E-state index >= 15 is 0 Å². The van der Waals surface area contributed by atoms with Gasteiger partial charge >= 0.3 is 12.0 Å². The van der Waals surface area contributed by atoms with Gasteiger partial charge in [-0.25, -0.2) is 4.79 Å². The normalized spacial score (nSPS) is 17.0. The van der Waals surface area contributed by atoms with Crippen molar-refractivity contribution in [2.45, 2.75) is 38.9 Å². The van der Waals surface area contributed by atoms with Crippen LogP contribution in [0.3, 0.4) is 0 Å². The SMILES string of the molecule is CCOC(=O)CCNC(=O)N1Cc2c(sc3c2CCN(C)C3)-n2cccc2C1c1ccc(OC)cc1. The zero-order valence-corrected chi connectivity index (χ0v) is 21.8. The molecule has 1 N–H and O–H groups in total. The van der Waals surface area contributed by atoms with Crippen LogP contribution in [-0.4, -0.2) is 60.2 Å². The van der Waals surface area contributed by atoms with Crippen LogP contribution in [0.1, 0.15) is 46.6 Å². The molecule has 0 aliphatic carbocycles. The number of carbonyl (C=O) groups is 2. The molecule has 0 spiro atoms. The van der Waals surface area contributed by atoms with E-state index in [9.17, 15) is 9.59 Å². The number of rotatable bonds is 6. The molecule has 0 bridgehead atoms. The van der Waals surface area contributed by atoms with Crippen molar-refractivity contribution in [3.05, 3.63) is 69.9 Å². The molecule has 4 heterocycles. The van der Waals surface area contributed by atoms with Crippen molar-refractivity contribution in [3.8, 4) is 10.8 Å². The van der Waals surface area contributed by atoms with Gasteiger partial charge in [0, 0.05) is 36.3 Å². The lowest BCUT2D eigenvalue weighted by molar-refractivity contribution is -0.142. The second-order valence-corrected chi connectivity index (χ2v) is 10.3. The first-order valence-electron chi connectivity index (χ1n) is 12.3. The third-order valence-electron chi connectivity index (χ3n) is 6.86. The van der Waals surface area contributed by atoms with Gasteiger partial charge in [-0.2, -0.15) is 0 Å². The summed E-state index contributed by atoms with van der Waals surface area (Å²) < 4.78 is 12.6. The number of ether oxygens (including phenoxy) is 2. The molecule has 2 aromatic heterocycles. The number of hydrogen-bond acceptors (Lipinski definition) is 6. The summed E-state index contributed by atoms with van der Waals surface area (Å²) in [5.74, 6) is 0.457. The third kappa shape index (κ3) is 4.60. The first-order valence-corrected chi connectivity index (χ1v) is 13.2. The van der Waals surface area contributed by atoms with E-state index in [0.717, 1.165) is 36.5 Å². The lowest BCUT2D eigenvalue weighted by atomic mass is 10.00. The van der Waals surface area contributed by atoms with Crippen molar-refractivity contribution in [1.29, 1.82) is 0 Å². The third-order valence-corrected chi connectivity index (χ3v) is 8.12. The lowest BCUT2D eigenvalue weighted by Crippen LogP contribution is -2.43. The van der Waals surface area contributed by atoms with E-state index in [-0.39, 0.29) is 31.0 Å². The van der Waals surface area contributed by atoms with Crippen molar-refractivity contribution in [3.63, 3.8) is 0 Å². The highest BCUT2D eigenvalue weighted by Gasteiger charge is 2.36. The van der Waals surface area contributed by atoms with Crippen molar-refractivity contribution in [2.75, 3.05) is 33.9 Å². The highest BCUT2D eigenvalue weighted by Crippen LogP contribution is 2.43. The van der Waals surface area contributed by atoms with E-state index in [1.165, 1.54) is 21.0 Å². The van der Waals surface area contributed by atoms with Gasteiger partial charge in [0.1, 0.15) is 10.8 Å². The van der Waals surface area contributed by atoms with Crippen LogP contribution in [0.2, 0.25) is 0 Å². The lowest BCUT2D eigenvalue weighted by Gasteiger charge is -2.32. The monoisotopic (exact) mass is 508 g/mol. The molecule has 2 aliphatic heterocycles. The highest BCUT2D eigenvalue weighted by molar-refractivity contribution is 7.15. The van der Waals surface area contributed by atoms with Gasteiger partial charge in [0.05, 0.1) is 38.4 Å². The van der Waals surface area contributed by atoms with Crippen LogP contribution in [0.15, 0.2) is 42.6 Å². The van der Waals surface area contributed by atoms with Gasteiger partial charge in [-0.3, -0.25) is 4.79 Å². The second kappa shape index (κ2) is 10.4. The minimum Gasteiger partial charge on any atom is -0.497 e. The minimum atomic E-state index is -0.312. The zero-order valence-electron chi connectivity index (χ0n) is 21.0. The molecule has 5 rings (SSSR count). The standard InChI is InChI=1S/C27H32N4O4S/c1-4-35-24(32)11-13-28-27(33)31-16-21-20-12-15-29(2)17-23(20)36-26(21)30-14-5-6-22(30)25(31)18-7-9-19(34-3)10-8-18/h5-10,14,25H,4,11-13,15-17H2,1-3H3,(H,28,33). The quantitative estimate of drug-likeness (QED) is 0.508. The summed E-state index contributed by atoms with van der Waals surface area (Å²) in [7, 11) is 3.80. The van der Waals surface area contributed by atoms with Gasteiger partial charge < -0.3 is 29.2 Å². The number of hydrogen-bond donors (Lipinski definition) is 1. The largest absolute Gasteiger partial charge is 0.497 e. The number of carbonyl (C=O) groups excluding carboxylic acids is 2. The summed E-state index contributed by atoms with van der Waals surface area (Å²) in [6.45, 7) is 4.76. The van der Waals surface area contributed by atoms with Gasteiger partial charge in [0.15, 0.2) is 0 Å². The Kier molecular flexibility index (Phi) is 7.02. The average molecular weight is 509 g/mol. The Morgan fingerprint density at radius 3 is 2.69 bits per heavy atom. The molecule has 0 fully saturated rings. The first kappa shape index (κ1) is 24.4. The molecule has 1 unspecified atom stereocenters. The van der Waals surface area contributed by atoms with E-state index < -0.39 is 0 Å². The molecule has 9 heteroatoms. The van der Waals surface area contributed by atoms with Crippen molar-refractivity contribution in [1.82, 2.24) is 19.7 Å². The van der Waals surface area contributed by atoms with Crippen LogP contribution in [0.25, 0.3) is 5.00 Å². The molecule has 8 nitrogen and oxygen atoms in total. The summed E-state index contributed by atoms with van der Waals surface area (Å²) in [5, 5.41) is 4.16. The number of nitrogens with zero attached hydrogens (tertiary/aromatic N) is 3. The number of thiophene rings is 1. The number of methoxy groups -OCH3 is 1. The molecule has 190 valence electrons. The Morgan fingerprint density at radius 1 is 1.14 bits per heavy atom. The summed E-state index contributed by atoms with van der Waals surface area (Å²) in [5.41, 5.74) is 4.62. The van der Waals surface area contributed by atoms with Gasteiger partial charge in [0.25, 0.3) is 0 Å². The van der Waals surface area contributed by atoms with Crippen LogP contribution in [-0.2, 0) is 29.0 Å². The second-order valence-electron chi connectivity index (χ2n) is 9.17. The average Bonchev–Trinajstić information content (AvgIpc) is 3.45. The Morgan fingerprint density at radius 2 is 1.94 bits per heavy atom. The predicted octanol–water partition coefficient (Wildman–Crippen LogP) is 4.10. The molecule has 1 atom stereocenters. The van der Waals surface area contributed by atoms with E-state index in [2.05, 4.69) is 34.1 Å². The van der Waals surface area contributed by atoms with E-state index in [1.54, 1.807) is 14.0 Å². The predicted molar refractivity (Wildman–Crippen MR) is 139 cm³/mol. The smallest absolute Gasteiger partial charge is 0.318 e. The fourth-order valence-corrected chi connectivity index (χ4v) is 6.54. The molecule has 36 heavy (non-hydrogen) atoms. The van der Waals surface area contributed by atoms with Crippen LogP contribution in [0.5, 0.6) is 5.75 Å². The van der Waals surface area contributed by atoms with Crippen molar-refractivity contribution >= 4 is 23.3 Å². The molecular weight excluding hydrogens is 476 g/mol. The van der Waals surface area contributed by atoms with Gasteiger partial charge in [0.2, 0.25) is 0 Å². The van der Waals surface area contributed by atoms with Crippen LogP contribution in [0, 0.1) is 0 Å². The molecule has 0 saturated carbocycles. The number of fused-ring (bicyclic) bond motifs is 5. The van der Waals surface area contributed by atoms with Gasteiger partial charge in [-0.1, -0.05) is 12.1 Å². The van der Waals surface area contributed by atoms with Gasteiger partial charge in [-0.05, 0) is 55.8 Å². The van der Waals surface area contributed by atoms with Crippen molar-refractivity contribution in [2.24, 2.45) is 0 Å². The molecule has 2 amide bonds. The summed E-state index contributed by atoms with van der Waals surface area (Å²) in [6, 6.07) is 11.5. The van der Waals surface area contributed by atoms with Crippen molar-refractivity contribution < 1.29 is 19.1 Å². The van der Waals surface area contributed by atoms with E-state index in [0.29, 0.717) is 13.2 Å². The summed E-state index contributed by atoms with van der Waals surface area (Å²) in [4.78, 5) is 31.2. The van der Waals surface area contributed by atoms with Crippen LogP contribution >= 0.6 is 11.3 Å². The zero-order chi connectivity index (χ0) is 25.2. The number of esters is 1. The first-order chi connectivity index (χ1) is 17.5. The number of nitrogens with one attached hydrogen (secondary N) is 1. The molecule has 3 aromatic rings. The topological polar surface area (TPSA) is 76.0 Å². The molecule has 2 aliphatic rings. The fraction of sp³-hybridized carbons (Fsp3) is 0.407.